The molecule has 1 aromatic carbocycles. The van der Waals surface area contributed by atoms with Gasteiger partial charge in [0.25, 0.3) is 0 Å². The summed E-state index contributed by atoms with van der Waals surface area (Å²) in [5.41, 5.74) is 1.12. The topological polar surface area (TPSA) is 39.7 Å². The Morgan fingerprint density at radius 2 is 2.00 bits per heavy atom. The maximum atomic E-state index is 5.77. The number of benzene rings is 1. The molecule has 0 saturated heterocycles. The predicted molar refractivity (Wildman–Crippen MR) is 77.0 cm³/mol. The minimum absolute atomic E-state index is 0.527. The Kier molecular flexibility index (Phi) is 8.02. The average molecular weight is 267 g/mol. The van der Waals surface area contributed by atoms with Crippen LogP contribution in [0.15, 0.2) is 18.2 Å². The summed E-state index contributed by atoms with van der Waals surface area (Å²) in [7, 11) is 3.33. The van der Waals surface area contributed by atoms with Crippen LogP contribution in [0.1, 0.15) is 25.3 Å². The lowest BCUT2D eigenvalue weighted by molar-refractivity contribution is 0.143. The molecule has 0 amide bonds. The van der Waals surface area contributed by atoms with Gasteiger partial charge in [0, 0.05) is 19.2 Å². The van der Waals surface area contributed by atoms with Crippen LogP contribution in [0.2, 0.25) is 0 Å². The normalized spacial score (nSPS) is 10.5. The van der Waals surface area contributed by atoms with Crippen LogP contribution < -0.4 is 14.8 Å². The number of unbranched alkanes of at least 4 members (excludes halogenated alkanes) is 1. The van der Waals surface area contributed by atoms with E-state index in [9.17, 15) is 0 Å². The van der Waals surface area contributed by atoms with Crippen molar-refractivity contribution in [2.45, 2.75) is 26.3 Å². The molecule has 0 atom stereocenters. The van der Waals surface area contributed by atoms with Crippen LogP contribution in [0, 0.1) is 0 Å². The molecule has 0 spiro atoms. The fourth-order valence-electron chi connectivity index (χ4n) is 1.78. The number of rotatable bonds is 10. The molecule has 108 valence electrons. The summed E-state index contributed by atoms with van der Waals surface area (Å²) in [6.07, 6.45) is 2.38. The summed E-state index contributed by atoms with van der Waals surface area (Å²) in [6, 6.07) is 5.96. The molecular formula is C15H25NO3. The second-order valence-corrected chi connectivity index (χ2v) is 4.32. The second-order valence-electron chi connectivity index (χ2n) is 4.32. The van der Waals surface area contributed by atoms with Gasteiger partial charge in [-0.15, -0.1) is 0 Å². The standard InChI is InChI=1S/C15H25NO3/c1-4-5-9-16-12-13-7-6-8-14(18-3)15(13)19-11-10-17-2/h6-8,16H,4-5,9-12H2,1-3H3. The summed E-state index contributed by atoms with van der Waals surface area (Å²) in [5.74, 6) is 1.58. The van der Waals surface area contributed by atoms with E-state index < -0.39 is 0 Å². The van der Waals surface area contributed by atoms with E-state index in [0.29, 0.717) is 13.2 Å². The van der Waals surface area contributed by atoms with Crippen LogP contribution in [0.3, 0.4) is 0 Å². The Bertz CT molecular complexity index is 355. The first-order chi connectivity index (χ1) is 9.33. The Morgan fingerprint density at radius 3 is 2.68 bits per heavy atom. The van der Waals surface area contributed by atoms with Gasteiger partial charge in [-0.1, -0.05) is 25.5 Å². The van der Waals surface area contributed by atoms with E-state index in [2.05, 4.69) is 18.3 Å². The zero-order valence-corrected chi connectivity index (χ0v) is 12.2. The third-order valence-corrected chi connectivity index (χ3v) is 2.84. The highest BCUT2D eigenvalue weighted by atomic mass is 16.5. The lowest BCUT2D eigenvalue weighted by atomic mass is 10.2. The number of hydrogen-bond acceptors (Lipinski definition) is 4. The maximum absolute atomic E-state index is 5.77. The predicted octanol–water partition coefficient (Wildman–Crippen LogP) is 2.61. The van der Waals surface area contributed by atoms with Crippen molar-refractivity contribution in [1.82, 2.24) is 5.32 Å². The monoisotopic (exact) mass is 267 g/mol. The Labute approximate surface area is 116 Å². The maximum Gasteiger partial charge on any atom is 0.165 e. The largest absolute Gasteiger partial charge is 0.493 e. The van der Waals surface area contributed by atoms with Crippen LogP contribution in [0.4, 0.5) is 0 Å². The highest BCUT2D eigenvalue weighted by Gasteiger charge is 2.10. The molecule has 0 aliphatic carbocycles. The lowest BCUT2D eigenvalue weighted by Gasteiger charge is -2.15. The smallest absolute Gasteiger partial charge is 0.165 e. The van der Waals surface area contributed by atoms with Gasteiger partial charge in [-0.2, -0.15) is 0 Å². The minimum Gasteiger partial charge on any atom is -0.493 e. The van der Waals surface area contributed by atoms with Gasteiger partial charge >= 0.3 is 0 Å². The molecule has 0 fully saturated rings. The molecule has 4 nitrogen and oxygen atoms in total. The van der Waals surface area contributed by atoms with E-state index in [4.69, 9.17) is 14.2 Å². The quantitative estimate of drug-likeness (QED) is 0.661. The molecule has 0 aromatic heterocycles. The van der Waals surface area contributed by atoms with Crippen molar-refractivity contribution < 1.29 is 14.2 Å². The summed E-state index contributed by atoms with van der Waals surface area (Å²) < 4.78 is 16.1. The zero-order valence-electron chi connectivity index (χ0n) is 12.2. The molecule has 1 aromatic rings. The molecule has 0 bridgehead atoms. The highest BCUT2D eigenvalue weighted by Crippen LogP contribution is 2.30. The average Bonchev–Trinajstić information content (AvgIpc) is 2.44. The minimum atomic E-state index is 0.527. The Morgan fingerprint density at radius 1 is 1.16 bits per heavy atom. The van der Waals surface area contributed by atoms with Crippen molar-refractivity contribution in [3.05, 3.63) is 23.8 Å². The van der Waals surface area contributed by atoms with Crippen LogP contribution >= 0.6 is 0 Å². The van der Waals surface area contributed by atoms with Crippen LogP contribution in [0.5, 0.6) is 11.5 Å². The van der Waals surface area contributed by atoms with Gasteiger partial charge in [-0.3, -0.25) is 0 Å². The molecule has 1 rings (SSSR count). The first-order valence-electron chi connectivity index (χ1n) is 6.81. The van der Waals surface area contributed by atoms with Gasteiger partial charge < -0.3 is 19.5 Å². The van der Waals surface area contributed by atoms with Crippen molar-refractivity contribution in [2.75, 3.05) is 34.0 Å². The van der Waals surface area contributed by atoms with Gasteiger partial charge in [-0.05, 0) is 19.0 Å². The van der Waals surface area contributed by atoms with Gasteiger partial charge in [0.05, 0.1) is 13.7 Å². The zero-order chi connectivity index (χ0) is 13.9. The molecular weight excluding hydrogens is 242 g/mol. The van der Waals surface area contributed by atoms with Crippen LogP contribution in [-0.4, -0.2) is 34.0 Å². The van der Waals surface area contributed by atoms with Crippen molar-refractivity contribution >= 4 is 0 Å². The molecule has 0 heterocycles. The Balaban J connectivity index is 2.65. The number of ether oxygens (including phenoxy) is 3. The molecule has 0 aliphatic rings. The van der Waals surface area contributed by atoms with Crippen molar-refractivity contribution in [2.24, 2.45) is 0 Å². The first-order valence-corrected chi connectivity index (χ1v) is 6.81. The fourth-order valence-corrected chi connectivity index (χ4v) is 1.78. The molecule has 1 N–H and O–H groups in total. The van der Waals surface area contributed by atoms with E-state index in [1.807, 2.05) is 12.1 Å². The molecule has 19 heavy (non-hydrogen) atoms. The molecule has 4 heteroatoms. The van der Waals surface area contributed by atoms with E-state index in [0.717, 1.165) is 30.2 Å². The molecule has 0 unspecified atom stereocenters. The third-order valence-electron chi connectivity index (χ3n) is 2.84. The molecule has 0 saturated carbocycles. The Hall–Kier alpha value is -1.26. The lowest BCUT2D eigenvalue weighted by Crippen LogP contribution is -2.16. The molecule has 0 aliphatic heterocycles. The third kappa shape index (κ3) is 5.49. The van der Waals surface area contributed by atoms with Crippen molar-refractivity contribution in [3.63, 3.8) is 0 Å². The van der Waals surface area contributed by atoms with Gasteiger partial charge in [0.15, 0.2) is 11.5 Å². The SMILES string of the molecule is CCCCNCc1cccc(OC)c1OCCOC. The summed E-state index contributed by atoms with van der Waals surface area (Å²) >= 11 is 0. The highest BCUT2D eigenvalue weighted by molar-refractivity contribution is 5.46. The number of para-hydroxylation sites is 1. The first kappa shape index (κ1) is 15.8. The van der Waals surface area contributed by atoms with Gasteiger partial charge in [-0.25, -0.2) is 0 Å². The number of hydrogen-bond donors (Lipinski definition) is 1. The van der Waals surface area contributed by atoms with E-state index >= 15 is 0 Å². The van der Waals surface area contributed by atoms with Crippen LogP contribution in [-0.2, 0) is 11.3 Å². The number of methoxy groups -OCH3 is 2. The van der Waals surface area contributed by atoms with Crippen molar-refractivity contribution in [1.29, 1.82) is 0 Å². The summed E-state index contributed by atoms with van der Waals surface area (Å²) in [6.45, 7) is 5.09. The van der Waals surface area contributed by atoms with E-state index in [1.165, 1.54) is 12.8 Å². The summed E-state index contributed by atoms with van der Waals surface area (Å²) in [5, 5.41) is 3.42. The van der Waals surface area contributed by atoms with Crippen LogP contribution in [0.25, 0.3) is 0 Å². The molecule has 0 radical (unpaired) electrons. The second kappa shape index (κ2) is 9.64. The van der Waals surface area contributed by atoms with Gasteiger partial charge in [0.2, 0.25) is 0 Å². The van der Waals surface area contributed by atoms with E-state index in [-0.39, 0.29) is 0 Å². The van der Waals surface area contributed by atoms with Gasteiger partial charge in [0.1, 0.15) is 6.61 Å². The number of nitrogens with one attached hydrogen (secondary N) is 1. The fraction of sp³-hybridized carbons (Fsp3) is 0.600. The van der Waals surface area contributed by atoms with Crippen molar-refractivity contribution in [3.8, 4) is 11.5 Å². The summed E-state index contributed by atoms with van der Waals surface area (Å²) in [4.78, 5) is 0. The van der Waals surface area contributed by atoms with E-state index in [1.54, 1.807) is 14.2 Å².